The third-order valence-electron chi connectivity index (χ3n) is 3.09. The summed E-state index contributed by atoms with van der Waals surface area (Å²) >= 11 is 13.6. The number of aryl methyl sites for hydroxylation is 1. The minimum atomic E-state index is -0.0613. The fraction of sp³-hybridized carbons (Fsp3) is 0.188. The van der Waals surface area contributed by atoms with Crippen molar-refractivity contribution in [1.29, 1.82) is 0 Å². The molecule has 1 amide bonds. The Labute approximate surface area is 138 Å². The van der Waals surface area contributed by atoms with Crippen LogP contribution in [-0.2, 0) is 11.3 Å². The van der Waals surface area contributed by atoms with Crippen LogP contribution in [0.25, 0.3) is 6.08 Å². The predicted octanol–water partition coefficient (Wildman–Crippen LogP) is 5.04. The second kappa shape index (κ2) is 7.12. The van der Waals surface area contributed by atoms with E-state index in [4.69, 9.17) is 23.2 Å². The van der Waals surface area contributed by atoms with Gasteiger partial charge in [0.05, 0.1) is 6.54 Å². The van der Waals surface area contributed by atoms with Crippen LogP contribution in [0.1, 0.15) is 16.0 Å². The highest BCUT2D eigenvalue weighted by Gasteiger charge is 2.08. The molecule has 0 radical (unpaired) electrons. The Kier molecular flexibility index (Phi) is 5.45. The van der Waals surface area contributed by atoms with E-state index in [1.807, 2.05) is 12.3 Å². The molecule has 2 nitrogen and oxygen atoms in total. The average molecular weight is 340 g/mol. The maximum atomic E-state index is 12.1. The highest BCUT2D eigenvalue weighted by Crippen LogP contribution is 2.22. The van der Waals surface area contributed by atoms with Gasteiger partial charge < -0.3 is 4.90 Å². The maximum Gasteiger partial charge on any atom is 0.246 e. The van der Waals surface area contributed by atoms with E-state index in [1.54, 1.807) is 47.6 Å². The Balaban J connectivity index is 2.03. The third-order valence-corrected chi connectivity index (χ3v) is 4.66. The lowest BCUT2D eigenvalue weighted by Gasteiger charge is -2.14. The maximum absolute atomic E-state index is 12.1. The first-order valence-corrected chi connectivity index (χ1v) is 8.02. The van der Waals surface area contributed by atoms with Gasteiger partial charge in [-0.15, -0.1) is 11.3 Å². The minimum absolute atomic E-state index is 0.0613. The molecular formula is C16H15Cl2NOS. The zero-order chi connectivity index (χ0) is 15.4. The van der Waals surface area contributed by atoms with Crippen LogP contribution in [0.2, 0.25) is 10.0 Å². The number of thiophene rings is 1. The standard InChI is InChI=1S/C16H15Cl2NOS/c1-11-7-8-21-15(11)10-19(2)16(20)6-4-12-3-5-13(17)9-14(12)18/h3-9H,10H2,1-2H3/b6-4+. The van der Waals surface area contributed by atoms with E-state index in [0.717, 1.165) is 5.56 Å². The van der Waals surface area contributed by atoms with Crippen molar-refractivity contribution in [2.45, 2.75) is 13.5 Å². The van der Waals surface area contributed by atoms with Crippen molar-refractivity contribution in [3.63, 3.8) is 0 Å². The Morgan fingerprint density at radius 2 is 2.10 bits per heavy atom. The molecule has 2 rings (SSSR count). The smallest absolute Gasteiger partial charge is 0.246 e. The van der Waals surface area contributed by atoms with Crippen molar-refractivity contribution < 1.29 is 4.79 Å². The quantitative estimate of drug-likeness (QED) is 0.715. The van der Waals surface area contributed by atoms with Gasteiger partial charge in [0, 0.05) is 28.0 Å². The van der Waals surface area contributed by atoms with Crippen LogP contribution in [0, 0.1) is 6.92 Å². The summed E-state index contributed by atoms with van der Waals surface area (Å²) in [5, 5.41) is 3.14. The molecule has 0 aliphatic heterocycles. The van der Waals surface area contributed by atoms with Crippen LogP contribution in [0.4, 0.5) is 0 Å². The fourth-order valence-electron chi connectivity index (χ4n) is 1.78. The number of hydrogen-bond donors (Lipinski definition) is 0. The Hall–Kier alpha value is -1.29. The summed E-state index contributed by atoms with van der Waals surface area (Å²) in [7, 11) is 1.79. The van der Waals surface area contributed by atoms with Gasteiger partial charge in [0.25, 0.3) is 0 Å². The molecule has 1 aromatic carbocycles. The van der Waals surface area contributed by atoms with Gasteiger partial charge in [-0.3, -0.25) is 4.79 Å². The number of rotatable bonds is 4. The molecular weight excluding hydrogens is 325 g/mol. The molecule has 0 saturated carbocycles. The lowest BCUT2D eigenvalue weighted by molar-refractivity contribution is -0.125. The molecule has 0 fully saturated rings. The molecule has 0 bridgehead atoms. The number of carbonyl (C=O) groups is 1. The number of amides is 1. The van der Waals surface area contributed by atoms with Crippen molar-refractivity contribution in [3.8, 4) is 0 Å². The Morgan fingerprint density at radius 1 is 1.33 bits per heavy atom. The van der Waals surface area contributed by atoms with E-state index >= 15 is 0 Å². The van der Waals surface area contributed by atoms with Crippen molar-refractivity contribution in [2.24, 2.45) is 0 Å². The summed E-state index contributed by atoms with van der Waals surface area (Å²) in [6, 6.07) is 7.25. The zero-order valence-corrected chi connectivity index (χ0v) is 14.1. The second-order valence-corrected chi connectivity index (χ2v) is 6.56. The molecule has 0 spiro atoms. The summed E-state index contributed by atoms with van der Waals surface area (Å²) in [6.45, 7) is 2.66. The first kappa shape index (κ1) is 16.1. The van der Waals surface area contributed by atoms with Crippen LogP contribution in [-0.4, -0.2) is 17.9 Å². The van der Waals surface area contributed by atoms with Gasteiger partial charge in [-0.2, -0.15) is 0 Å². The van der Waals surface area contributed by atoms with Crippen LogP contribution >= 0.6 is 34.5 Å². The van der Waals surface area contributed by atoms with Crippen LogP contribution in [0.3, 0.4) is 0 Å². The summed E-state index contributed by atoms with van der Waals surface area (Å²) in [5.74, 6) is -0.0613. The molecule has 0 aliphatic rings. The van der Waals surface area contributed by atoms with Gasteiger partial charge in [0.1, 0.15) is 0 Å². The molecule has 0 atom stereocenters. The van der Waals surface area contributed by atoms with Gasteiger partial charge in [0.15, 0.2) is 0 Å². The van der Waals surface area contributed by atoms with E-state index in [0.29, 0.717) is 16.6 Å². The van der Waals surface area contributed by atoms with Gasteiger partial charge in [-0.1, -0.05) is 29.3 Å². The van der Waals surface area contributed by atoms with Gasteiger partial charge in [-0.25, -0.2) is 0 Å². The normalized spacial score (nSPS) is 11.0. The van der Waals surface area contributed by atoms with E-state index in [9.17, 15) is 4.79 Å². The predicted molar refractivity (Wildman–Crippen MR) is 91.0 cm³/mol. The second-order valence-electron chi connectivity index (χ2n) is 4.72. The molecule has 0 saturated heterocycles. The number of benzene rings is 1. The van der Waals surface area contributed by atoms with Crippen molar-refractivity contribution in [1.82, 2.24) is 4.90 Å². The molecule has 1 heterocycles. The van der Waals surface area contributed by atoms with Gasteiger partial charge >= 0.3 is 0 Å². The number of halogens is 2. The average Bonchev–Trinajstić information content (AvgIpc) is 2.83. The lowest BCUT2D eigenvalue weighted by Crippen LogP contribution is -2.23. The van der Waals surface area contributed by atoms with Gasteiger partial charge in [-0.05, 0) is 47.7 Å². The summed E-state index contributed by atoms with van der Waals surface area (Å²) in [5.41, 5.74) is 1.99. The van der Waals surface area contributed by atoms with E-state index in [2.05, 4.69) is 6.07 Å². The van der Waals surface area contributed by atoms with Crippen molar-refractivity contribution >= 4 is 46.5 Å². The SMILES string of the molecule is Cc1ccsc1CN(C)C(=O)/C=C/c1ccc(Cl)cc1Cl. The summed E-state index contributed by atoms with van der Waals surface area (Å²) in [4.78, 5) is 15.0. The van der Waals surface area contributed by atoms with Gasteiger partial charge in [0.2, 0.25) is 5.91 Å². The Bertz CT molecular complexity index is 679. The van der Waals surface area contributed by atoms with Crippen LogP contribution in [0.5, 0.6) is 0 Å². The van der Waals surface area contributed by atoms with E-state index in [-0.39, 0.29) is 5.91 Å². The van der Waals surface area contributed by atoms with Crippen LogP contribution in [0.15, 0.2) is 35.7 Å². The molecule has 0 unspecified atom stereocenters. The topological polar surface area (TPSA) is 20.3 Å². The summed E-state index contributed by atoms with van der Waals surface area (Å²) < 4.78 is 0. The van der Waals surface area contributed by atoms with E-state index < -0.39 is 0 Å². The van der Waals surface area contributed by atoms with Crippen molar-refractivity contribution in [2.75, 3.05) is 7.05 Å². The Morgan fingerprint density at radius 3 is 2.71 bits per heavy atom. The summed E-state index contributed by atoms with van der Waals surface area (Å²) in [6.07, 6.45) is 3.23. The highest BCUT2D eigenvalue weighted by atomic mass is 35.5. The highest BCUT2D eigenvalue weighted by molar-refractivity contribution is 7.10. The van der Waals surface area contributed by atoms with Crippen LogP contribution < -0.4 is 0 Å². The first-order valence-electron chi connectivity index (χ1n) is 6.38. The number of likely N-dealkylation sites (N-methyl/N-ethyl adjacent to an activating group) is 1. The minimum Gasteiger partial charge on any atom is -0.337 e. The number of hydrogen-bond acceptors (Lipinski definition) is 2. The number of carbonyl (C=O) groups excluding carboxylic acids is 1. The molecule has 21 heavy (non-hydrogen) atoms. The van der Waals surface area contributed by atoms with E-state index in [1.165, 1.54) is 16.5 Å². The first-order chi connectivity index (χ1) is 9.97. The largest absolute Gasteiger partial charge is 0.337 e. The molecule has 5 heteroatoms. The lowest BCUT2D eigenvalue weighted by atomic mass is 10.2. The molecule has 110 valence electrons. The molecule has 0 aliphatic carbocycles. The number of nitrogens with zero attached hydrogens (tertiary/aromatic N) is 1. The monoisotopic (exact) mass is 339 g/mol. The molecule has 0 N–H and O–H groups in total. The zero-order valence-electron chi connectivity index (χ0n) is 11.8. The third kappa shape index (κ3) is 4.34. The fourth-order valence-corrected chi connectivity index (χ4v) is 3.21. The molecule has 1 aromatic heterocycles. The molecule has 2 aromatic rings. The van der Waals surface area contributed by atoms with Crippen molar-refractivity contribution in [3.05, 3.63) is 61.8 Å².